The van der Waals surface area contributed by atoms with E-state index in [1.807, 2.05) is 6.92 Å². The first-order valence-corrected chi connectivity index (χ1v) is 3.67. The van der Waals surface area contributed by atoms with E-state index < -0.39 is 0 Å². The molecule has 52 valence electrons. The average molecular weight is 144 g/mol. The quantitative estimate of drug-likeness (QED) is 0.517. The first-order chi connectivity index (χ1) is 4.29. The van der Waals surface area contributed by atoms with Crippen molar-refractivity contribution in [3.63, 3.8) is 0 Å². The molecule has 1 heterocycles. The van der Waals surface area contributed by atoms with Crippen LogP contribution in [0.4, 0.5) is 0 Å². The standard InChI is InChI=1S/C6H12N2S/c1-5(9)8-6-2-3-7-4-6/h6-7H,2-4H2,1H3,(H,8,9). The fraction of sp³-hybridized carbons (Fsp3) is 0.833. The van der Waals surface area contributed by atoms with Crippen molar-refractivity contribution in [2.24, 2.45) is 0 Å². The monoisotopic (exact) mass is 144 g/mol. The van der Waals surface area contributed by atoms with Crippen molar-refractivity contribution in [3.8, 4) is 0 Å². The molecule has 3 heteroatoms. The van der Waals surface area contributed by atoms with Crippen LogP contribution in [0.2, 0.25) is 0 Å². The first kappa shape index (κ1) is 6.96. The lowest BCUT2D eigenvalue weighted by molar-refractivity contribution is 0.667. The summed E-state index contributed by atoms with van der Waals surface area (Å²) in [5.41, 5.74) is 0. The summed E-state index contributed by atoms with van der Waals surface area (Å²) in [6.07, 6.45) is 1.20. The Kier molecular flexibility index (Phi) is 2.42. The van der Waals surface area contributed by atoms with E-state index in [4.69, 9.17) is 12.2 Å². The Morgan fingerprint density at radius 1 is 1.78 bits per heavy atom. The predicted molar refractivity (Wildman–Crippen MR) is 42.7 cm³/mol. The Bertz CT molecular complexity index is 108. The lowest BCUT2D eigenvalue weighted by Crippen LogP contribution is -2.33. The van der Waals surface area contributed by atoms with Gasteiger partial charge in [0, 0.05) is 12.6 Å². The first-order valence-electron chi connectivity index (χ1n) is 3.27. The topological polar surface area (TPSA) is 24.1 Å². The van der Waals surface area contributed by atoms with Crippen LogP contribution in [0.25, 0.3) is 0 Å². The Morgan fingerprint density at radius 3 is 3.00 bits per heavy atom. The van der Waals surface area contributed by atoms with Crippen molar-refractivity contribution in [2.45, 2.75) is 19.4 Å². The summed E-state index contributed by atoms with van der Waals surface area (Å²) in [6.45, 7) is 4.11. The maximum absolute atomic E-state index is 4.89. The van der Waals surface area contributed by atoms with Crippen molar-refractivity contribution >= 4 is 17.2 Å². The van der Waals surface area contributed by atoms with Crippen LogP contribution in [0.3, 0.4) is 0 Å². The molecule has 1 fully saturated rings. The predicted octanol–water partition coefficient (Wildman–Crippen LogP) is 0.285. The molecule has 0 saturated carbocycles. The van der Waals surface area contributed by atoms with Crippen LogP contribution in [-0.2, 0) is 0 Å². The van der Waals surface area contributed by atoms with E-state index in [2.05, 4.69) is 10.6 Å². The van der Waals surface area contributed by atoms with E-state index in [1.165, 1.54) is 6.42 Å². The average Bonchev–Trinajstić information content (AvgIpc) is 2.15. The molecule has 1 unspecified atom stereocenters. The van der Waals surface area contributed by atoms with Crippen molar-refractivity contribution in [3.05, 3.63) is 0 Å². The molecular weight excluding hydrogens is 132 g/mol. The number of thiocarbonyl (C=S) groups is 1. The smallest absolute Gasteiger partial charge is 0.0724 e. The zero-order valence-corrected chi connectivity index (χ0v) is 6.42. The maximum Gasteiger partial charge on any atom is 0.0724 e. The van der Waals surface area contributed by atoms with Gasteiger partial charge in [0.25, 0.3) is 0 Å². The summed E-state index contributed by atoms with van der Waals surface area (Å²) < 4.78 is 0. The molecule has 0 aromatic carbocycles. The molecule has 2 N–H and O–H groups in total. The number of hydrogen-bond donors (Lipinski definition) is 2. The van der Waals surface area contributed by atoms with Crippen LogP contribution in [0.5, 0.6) is 0 Å². The third-order valence-electron chi connectivity index (χ3n) is 1.47. The molecule has 0 aliphatic carbocycles. The van der Waals surface area contributed by atoms with Gasteiger partial charge in [-0.05, 0) is 19.9 Å². The van der Waals surface area contributed by atoms with Crippen LogP contribution in [0.15, 0.2) is 0 Å². The molecule has 1 aliphatic rings. The Morgan fingerprint density at radius 2 is 2.56 bits per heavy atom. The second-order valence-corrected chi connectivity index (χ2v) is 3.00. The van der Waals surface area contributed by atoms with E-state index >= 15 is 0 Å². The second-order valence-electron chi connectivity index (χ2n) is 2.39. The molecule has 0 aromatic rings. The Balaban J connectivity index is 2.19. The summed E-state index contributed by atoms with van der Waals surface area (Å²) in [4.78, 5) is 0.906. The normalized spacial score (nSPS) is 26.1. The van der Waals surface area contributed by atoms with E-state index in [-0.39, 0.29) is 0 Å². The van der Waals surface area contributed by atoms with Gasteiger partial charge < -0.3 is 10.6 Å². The maximum atomic E-state index is 4.89. The molecular formula is C6H12N2S. The zero-order valence-electron chi connectivity index (χ0n) is 5.61. The third kappa shape index (κ3) is 2.28. The van der Waals surface area contributed by atoms with E-state index in [0.717, 1.165) is 18.1 Å². The van der Waals surface area contributed by atoms with Gasteiger partial charge in [-0.3, -0.25) is 0 Å². The minimum Gasteiger partial charge on any atom is -0.376 e. The molecule has 1 saturated heterocycles. The van der Waals surface area contributed by atoms with Gasteiger partial charge in [0.15, 0.2) is 0 Å². The van der Waals surface area contributed by atoms with Gasteiger partial charge in [-0.2, -0.15) is 0 Å². The van der Waals surface area contributed by atoms with Crippen LogP contribution in [0, 0.1) is 0 Å². The van der Waals surface area contributed by atoms with Gasteiger partial charge in [-0.25, -0.2) is 0 Å². The van der Waals surface area contributed by atoms with Crippen molar-refractivity contribution in [1.82, 2.24) is 10.6 Å². The fourth-order valence-corrected chi connectivity index (χ4v) is 1.23. The van der Waals surface area contributed by atoms with Crippen LogP contribution < -0.4 is 10.6 Å². The van der Waals surface area contributed by atoms with Gasteiger partial charge in [0.05, 0.1) is 4.99 Å². The Hall–Kier alpha value is -0.150. The molecule has 2 nitrogen and oxygen atoms in total. The molecule has 0 aromatic heterocycles. The highest BCUT2D eigenvalue weighted by Gasteiger charge is 2.12. The summed E-state index contributed by atoms with van der Waals surface area (Å²) in [5.74, 6) is 0. The third-order valence-corrected chi connectivity index (χ3v) is 1.59. The summed E-state index contributed by atoms with van der Waals surface area (Å²) in [5, 5.41) is 6.47. The highest BCUT2D eigenvalue weighted by Crippen LogP contribution is 1.96. The molecule has 9 heavy (non-hydrogen) atoms. The highest BCUT2D eigenvalue weighted by molar-refractivity contribution is 7.80. The molecule has 1 aliphatic heterocycles. The van der Waals surface area contributed by atoms with Gasteiger partial charge in [-0.1, -0.05) is 12.2 Å². The van der Waals surface area contributed by atoms with Gasteiger partial charge in [0.1, 0.15) is 0 Å². The van der Waals surface area contributed by atoms with E-state index in [0.29, 0.717) is 6.04 Å². The SMILES string of the molecule is CC(=S)NC1CCNC1. The summed E-state index contributed by atoms with van der Waals surface area (Å²) in [6, 6.07) is 0.586. The van der Waals surface area contributed by atoms with Gasteiger partial charge in [0.2, 0.25) is 0 Å². The van der Waals surface area contributed by atoms with E-state index in [9.17, 15) is 0 Å². The fourth-order valence-electron chi connectivity index (χ4n) is 1.07. The molecule has 1 rings (SSSR count). The van der Waals surface area contributed by atoms with Crippen molar-refractivity contribution in [1.29, 1.82) is 0 Å². The zero-order chi connectivity index (χ0) is 6.69. The van der Waals surface area contributed by atoms with E-state index in [1.54, 1.807) is 0 Å². The van der Waals surface area contributed by atoms with Gasteiger partial charge >= 0.3 is 0 Å². The van der Waals surface area contributed by atoms with Crippen LogP contribution >= 0.6 is 12.2 Å². The molecule has 1 atom stereocenters. The Labute approximate surface area is 61.0 Å². The lowest BCUT2D eigenvalue weighted by Gasteiger charge is -2.09. The van der Waals surface area contributed by atoms with Crippen molar-refractivity contribution in [2.75, 3.05) is 13.1 Å². The summed E-state index contributed by atoms with van der Waals surface area (Å²) >= 11 is 4.89. The van der Waals surface area contributed by atoms with Gasteiger partial charge in [-0.15, -0.1) is 0 Å². The number of nitrogens with one attached hydrogen (secondary N) is 2. The van der Waals surface area contributed by atoms with Crippen molar-refractivity contribution < 1.29 is 0 Å². The number of rotatable bonds is 1. The summed E-state index contributed by atoms with van der Waals surface area (Å²) in [7, 11) is 0. The second kappa shape index (κ2) is 3.13. The minimum atomic E-state index is 0.586. The van der Waals surface area contributed by atoms with Crippen LogP contribution in [0.1, 0.15) is 13.3 Å². The molecule has 0 amide bonds. The highest BCUT2D eigenvalue weighted by atomic mass is 32.1. The minimum absolute atomic E-state index is 0.586. The molecule has 0 radical (unpaired) electrons. The lowest BCUT2D eigenvalue weighted by atomic mass is 10.3. The largest absolute Gasteiger partial charge is 0.376 e. The van der Waals surface area contributed by atoms with Crippen LogP contribution in [-0.4, -0.2) is 24.1 Å². The molecule has 0 bridgehead atoms. The number of hydrogen-bond acceptors (Lipinski definition) is 2. The molecule has 0 spiro atoms.